The molecular formula is C25H19FN2O2S2. The van der Waals surface area contributed by atoms with E-state index >= 15 is 0 Å². The fraction of sp³-hybridized carbons (Fsp3) is 0.0800. The van der Waals surface area contributed by atoms with E-state index in [1.165, 1.54) is 17.0 Å². The van der Waals surface area contributed by atoms with Gasteiger partial charge in [-0.2, -0.15) is 0 Å². The zero-order valence-electron chi connectivity index (χ0n) is 17.0. The van der Waals surface area contributed by atoms with E-state index in [9.17, 15) is 14.0 Å². The van der Waals surface area contributed by atoms with Crippen molar-refractivity contribution in [1.82, 2.24) is 4.90 Å². The standard InChI is InChI=1S/C25H19FN2O2S2/c26-21-9-5-4-8-19(21)16-22-24(30)28(25(31)32-22)15-14-23(29)27-20-12-10-18(11-13-20)17-6-2-1-3-7-17/h1-13,16H,14-15H2,(H,27,29). The summed E-state index contributed by atoms with van der Waals surface area (Å²) in [5, 5.41) is 2.84. The highest BCUT2D eigenvalue weighted by molar-refractivity contribution is 8.26. The molecule has 32 heavy (non-hydrogen) atoms. The van der Waals surface area contributed by atoms with Crippen LogP contribution in [0.3, 0.4) is 0 Å². The number of benzene rings is 3. The predicted octanol–water partition coefficient (Wildman–Crippen LogP) is 5.72. The molecule has 1 N–H and O–H groups in total. The number of thiocarbonyl (C=S) groups is 1. The quantitative estimate of drug-likeness (QED) is 0.376. The van der Waals surface area contributed by atoms with Crippen molar-refractivity contribution >= 4 is 51.9 Å². The number of halogens is 1. The first-order valence-corrected chi connectivity index (χ1v) is 11.2. The third-order valence-electron chi connectivity index (χ3n) is 4.90. The Hall–Kier alpha value is -3.29. The number of hydrogen-bond donors (Lipinski definition) is 1. The Morgan fingerprint density at radius 3 is 2.34 bits per heavy atom. The Bertz CT molecular complexity index is 1190. The Balaban J connectivity index is 1.34. The Morgan fingerprint density at radius 2 is 1.62 bits per heavy atom. The van der Waals surface area contributed by atoms with Crippen LogP contribution in [0.15, 0.2) is 83.8 Å². The Labute approximate surface area is 195 Å². The summed E-state index contributed by atoms with van der Waals surface area (Å²) in [4.78, 5) is 26.8. The first-order valence-electron chi connectivity index (χ1n) is 9.96. The van der Waals surface area contributed by atoms with Crippen LogP contribution in [-0.2, 0) is 9.59 Å². The fourth-order valence-corrected chi connectivity index (χ4v) is 4.54. The highest BCUT2D eigenvalue weighted by Gasteiger charge is 2.32. The van der Waals surface area contributed by atoms with Gasteiger partial charge in [0.05, 0.1) is 4.91 Å². The number of anilines is 1. The molecule has 160 valence electrons. The van der Waals surface area contributed by atoms with E-state index in [2.05, 4.69) is 5.32 Å². The minimum absolute atomic E-state index is 0.0971. The number of rotatable bonds is 6. The van der Waals surface area contributed by atoms with E-state index in [4.69, 9.17) is 12.2 Å². The first kappa shape index (κ1) is 21.9. The van der Waals surface area contributed by atoms with Crippen LogP contribution in [0, 0.1) is 5.82 Å². The molecule has 0 aliphatic carbocycles. The van der Waals surface area contributed by atoms with Crippen molar-refractivity contribution < 1.29 is 14.0 Å². The summed E-state index contributed by atoms with van der Waals surface area (Å²) >= 11 is 6.40. The number of amides is 2. The van der Waals surface area contributed by atoms with Crippen LogP contribution in [-0.4, -0.2) is 27.6 Å². The lowest BCUT2D eigenvalue weighted by Crippen LogP contribution is -2.31. The van der Waals surface area contributed by atoms with Gasteiger partial charge in [-0.25, -0.2) is 4.39 Å². The maximum atomic E-state index is 13.9. The summed E-state index contributed by atoms with van der Waals surface area (Å²) in [7, 11) is 0. The lowest BCUT2D eigenvalue weighted by Gasteiger charge is -2.14. The second kappa shape index (κ2) is 9.89. The van der Waals surface area contributed by atoms with Gasteiger partial charge in [0.1, 0.15) is 10.1 Å². The third kappa shape index (κ3) is 5.12. The maximum absolute atomic E-state index is 13.9. The molecule has 0 unspecified atom stereocenters. The summed E-state index contributed by atoms with van der Waals surface area (Å²) in [5.41, 5.74) is 3.16. The number of carbonyl (C=O) groups is 2. The summed E-state index contributed by atoms with van der Waals surface area (Å²) in [5.74, 6) is -0.941. The van der Waals surface area contributed by atoms with Crippen molar-refractivity contribution in [3.05, 3.63) is 95.1 Å². The molecule has 2 amide bonds. The topological polar surface area (TPSA) is 49.4 Å². The second-order valence-electron chi connectivity index (χ2n) is 7.10. The molecule has 0 saturated carbocycles. The molecule has 3 aromatic rings. The van der Waals surface area contributed by atoms with Gasteiger partial charge in [0.25, 0.3) is 5.91 Å². The SMILES string of the molecule is O=C(CCN1C(=O)C(=Cc2ccccc2F)SC1=S)Nc1ccc(-c2ccccc2)cc1. The van der Waals surface area contributed by atoms with E-state index in [-0.39, 0.29) is 24.8 Å². The van der Waals surface area contributed by atoms with Gasteiger partial charge in [-0.05, 0) is 35.4 Å². The monoisotopic (exact) mass is 462 g/mol. The zero-order valence-corrected chi connectivity index (χ0v) is 18.6. The van der Waals surface area contributed by atoms with Gasteiger partial charge in [0.2, 0.25) is 5.91 Å². The number of hydrogen-bond acceptors (Lipinski definition) is 4. The first-order chi connectivity index (χ1) is 15.5. The summed E-state index contributed by atoms with van der Waals surface area (Å²) in [6, 6.07) is 23.8. The smallest absolute Gasteiger partial charge is 0.266 e. The Morgan fingerprint density at radius 1 is 0.969 bits per heavy atom. The van der Waals surface area contributed by atoms with Gasteiger partial charge in [-0.15, -0.1) is 0 Å². The van der Waals surface area contributed by atoms with Crippen molar-refractivity contribution in [3.8, 4) is 11.1 Å². The van der Waals surface area contributed by atoms with Crippen LogP contribution in [0.5, 0.6) is 0 Å². The largest absolute Gasteiger partial charge is 0.326 e. The summed E-state index contributed by atoms with van der Waals surface area (Å²) < 4.78 is 14.2. The van der Waals surface area contributed by atoms with Crippen LogP contribution in [0.4, 0.5) is 10.1 Å². The number of thioether (sulfide) groups is 1. The van der Waals surface area contributed by atoms with Gasteiger partial charge in [-0.3, -0.25) is 14.5 Å². The van der Waals surface area contributed by atoms with Crippen LogP contribution >= 0.6 is 24.0 Å². The molecular weight excluding hydrogens is 443 g/mol. The van der Waals surface area contributed by atoms with E-state index in [1.54, 1.807) is 18.2 Å². The van der Waals surface area contributed by atoms with Gasteiger partial charge >= 0.3 is 0 Å². The molecule has 7 heteroatoms. The third-order valence-corrected chi connectivity index (χ3v) is 6.28. The molecule has 1 fully saturated rings. The molecule has 0 bridgehead atoms. The van der Waals surface area contributed by atoms with E-state index in [0.717, 1.165) is 22.9 Å². The maximum Gasteiger partial charge on any atom is 0.266 e. The van der Waals surface area contributed by atoms with Crippen molar-refractivity contribution in [2.45, 2.75) is 6.42 Å². The number of nitrogens with zero attached hydrogens (tertiary/aromatic N) is 1. The molecule has 1 saturated heterocycles. The number of nitrogens with one attached hydrogen (secondary N) is 1. The molecule has 1 heterocycles. The second-order valence-corrected chi connectivity index (χ2v) is 8.77. The lowest BCUT2D eigenvalue weighted by molar-refractivity contribution is -0.122. The van der Waals surface area contributed by atoms with Crippen molar-refractivity contribution in [2.24, 2.45) is 0 Å². The van der Waals surface area contributed by atoms with E-state index < -0.39 is 5.82 Å². The minimum atomic E-state index is -0.407. The van der Waals surface area contributed by atoms with Gasteiger partial charge in [-0.1, -0.05) is 84.6 Å². The molecule has 4 rings (SSSR count). The molecule has 0 aromatic heterocycles. The molecule has 0 radical (unpaired) electrons. The lowest BCUT2D eigenvalue weighted by atomic mass is 10.1. The highest BCUT2D eigenvalue weighted by Crippen LogP contribution is 2.33. The average molecular weight is 463 g/mol. The predicted molar refractivity (Wildman–Crippen MR) is 131 cm³/mol. The average Bonchev–Trinajstić information content (AvgIpc) is 3.07. The van der Waals surface area contributed by atoms with Crippen molar-refractivity contribution in [1.29, 1.82) is 0 Å². The normalized spacial score (nSPS) is 14.8. The van der Waals surface area contributed by atoms with Crippen LogP contribution in [0.1, 0.15) is 12.0 Å². The van der Waals surface area contributed by atoms with Crippen LogP contribution in [0.2, 0.25) is 0 Å². The molecule has 1 aliphatic rings. The van der Waals surface area contributed by atoms with Crippen LogP contribution in [0.25, 0.3) is 17.2 Å². The van der Waals surface area contributed by atoms with Crippen molar-refractivity contribution in [2.75, 3.05) is 11.9 Å². The molecule has 0 atom stereocenters. The van der Waals surface area contributed by atoms with Gasteiger partial charge in [0, 0.05) is 24.2 Å². The minimum Gasteiger partial charge on any atom is -0.326 e. The molecule has 4 nitrogen and oxygen atoms in total. The van der Waals surface area contributed by atoms with Gasteiger partial charge < -0.3 is 5.32 Å². The highest BCUT2D eigenvalue weighted by atomic mass is 32.2. The summed E-state index contributed by atoms with van der Waals surface area (Å²) in [6.45, 7) is 0.160. The van der Waals surface area contributed by atoms with E-state index in [1.807, 2.05) is 54.6 Å². The zero-order chi connectivity index (χ0) is 22.5. The van der Waals surface area contributed by atoms with Crippen molar-refractivity contribution in [3.63, 3.8) is 0 Å². The molecule has 0 spiro atoms. The Kier molecular flexibility index (Phi) is 6.78. The molecule has 1 aliphatic heterocycles. The fourth-order valence-electron chi connectivity index (χ4n) is 3.24. The van der Waals surface area contributed by atoms with E-state index in [0.29, 0.717) is 20.5 Å². The summed E-state index contributed by atoms with van der Waals surface area (Å²) in [6.07, 6.45) is 1.59. The van der Waals surface area contributed by atoms with Crippen LogP contribution < -0.4 is 5.32 Å². The number of carbonyl (C=O) groups excluding carboxylic acids is 2. The van der Waals surface area contributed by atoms with Gasteiger partial charge in [0.15, 0.2) is 0 Å². The molecule has 3 aromatic carbocycles.